The number of amidine groups is 1. The number of rotatable bonds is 5. The molecule has 1 heterocycles. The number of halogens is 1. The van der Waals surface area contributed by atoms with Crippen LogP contribution in [0.25, 0.3) is 6.08 Å². The van der Waals surface area contributed by atoms with Crippen LogP contribution in [0.3, 0.4) is 0 Å². The summed E-state index contributed by atoms with van der Waals surface area (Å²) in [5.41, 5.74) is 1.63. The van der Waals surface area contributed by atoms with Crippen LogP contribution in [0.4, 0.5) is 5.69 Å². The number of carboxylic acid groups (broad SMARTS) is 1. The van der Waals surface area contributed by atoms with Gasteiger partial charge in [-0.05, 0) is 89.6 Å². The molecule has 0 aliphatic carbocycles. The Balaban J connectivity index is 1.82. The first-order valence-corrected chi connectivity index (χ1v) is 10.4. The van der Waals surface area contributed by atoms with E-state index in [1.807, 2.05) is 38.1 Å². The standard InChI is InChI=1S/C21H19BrN2O4S/c1-12(2)28-17-9-4-13(10-16(17)22)11-18-19(25)24(3)21(29-18)23-15-7-5-14(6-8-15)20(26)27/h4-12H,1-3H3,(H,26,27)/b18-11+,23-21?. The minimum Gasteiger partial charge on any atom is -0.490 e. The summed E-state index contributed by atoms with van der Waals surface area (Å²) in [6.45, 7) is 3.92. The maximum absolute atomic E-state index is 12.6. The average molecular weight is 475 g/mol. The zero-order chi connectivity index (χ0) is 21.1. The van der Waals surface area contributed by atoms with Crippen molar-refractivity contribution in [1.29, 1.82) is 0 Å². The van der Waals surface area contributed by atoms with E-state index in [1.54, 1.807) is 19.2 Å². The highest BCUT2D eigenvalue weighted by atomic mass is 79.9. The predicted octanol–water partition coefficient (Wildman–Crippen LogP) is 5.17. The van der Waals surface area contributed by atoms with E-state index in [4.69, 9.17) is 9.84 Å². The highest BCUT2D eigenvalue weighted by Crippen LogP contribution is 2.34. The third-order valence-electron chi connectivity index (χ3n) is 3.96. The Morgan fingerprint density at radius 1 is 1.24 bits per heavy atom. The van der Waals surface area contributed by atoms with Crippen molar-refractivity contribution in [3.8, 4) is 5.75 Å². The molecule has 150 valence electrons. The van der Waals surface area contributed by atoms with E-state index in [-0.39, 0.29) is 17.6 Å². The van der Waals surface area contributed by atoms with Crippen LogP contribution in [0.1, 0.15) is 29.8 Å². The molecule has 0 bridgehead atoms. The smallest absolute Gasteiger partial charge is 0.335 e. The molecule has 1 aliphatic rings. The molecule has 1 aliphatic heterocycles. The second-order valence-corrected chi connectivity index (χ2v) is 8.44. The van der Waals surface area contributed by atoms with Gasteiger partial charge in [-0.2, -0.15) is 0 Å². The van der Waals surface area contributed by atoms with Crippen molar-refractivity contribution in [3.63, 3.8) is 0 Å². The summed E-state index contributed by atoms with van der Waals surface area (Å²) < 4.78 is 6.53. The number of amides is 1. The Bertz CT molecular complexity index is 1020. The van der Waals surface area contributed by atoms with Gasteiger partial charge < -0.3 is 9.84 Å². The van der Waals surface area contributed by atoms with Crippen molar-refractivity contribution in [2.75, 3.05) is 7.05 Å². The van der Waals surface area contributed by atoms with E-state index in [0.29, 0.717) is 15.8 Å². The highest BCUT2D eigenvalue weighted by Gasteiger charge is 2.30. The van der Waals surface area contributed by atoms with Crippen molar-refractivity contribution >= 4 is 56.5 Å². The molecule has 1 N–H and O–H groups in total. The molecule has 0 unspecified atom stereocenters. The molecule has 0 saturated carbocycles. The van der Waals surface area contributed by atoms with Crippen molar-refractivity contribution in [2.24, 2.45) is 4.99 Å². The lowest BCUT2D eigenvalue weighted by molar-refractivity contribution is -0.121. The number of carboxylic acids is 1. The molecule has 0 atom stereocenters. The van der Waals surface area contributed by atoms with E-state index >= 15 is 0 Å². The molecular weight excluding hydrogens is 456 g/mol. The number of likely N-dealkylation sites (N-methyl/N-ethyl adjacent to an activating group) is 1. The molecule has 8 heteroatoms. The van der Waals surface area contributed by atoms with Gasteiger partial charge in [-0.25, -0.2) is 9.79 Å². The van der Waals surface area contributed by atoms with Crippen molar-refractivity contribution in [1.82, 2.24) is 4.90 Å². The summed E-state index contributed by atoms with van der Waals surface area (Å²) >= 11 is 4.77. The van der Waals surface area contributed by atoms with Crippen LogP contribution in [-0.4, -0.2) is 40.2 Å². The number of benzene rings is 2. The van der Waals surface area contributed by atoms with Crippen LogP contribution < -0.4 is 4.74 Å². The van der Waals surface area contributed by atoms with Gasteiger partial charge in [-0.3, -0.25) is 9.69 Å². The lowest BCUT2D eigenvalue weighted by Crippen LogP contribution is -2.23. The number of hydrogen-bond acceptors (Lipinski definition) is 5. The lowest BCUT2D eigenvalue weighted by Gasteiger charge is -2.11. The normalized spacial score (nSPS) is 16.9. The third-order valence-corrected chi connectivity index (χ3v) is 5.64. The van der Waals surface area contributed by atoms with Crippen LogP contribution in [0.15, 0.2) is 56.8 Å². The first-order chi connectivity index (χ1) is 13.7. The van der Waals surface area contributed by atoms with Gasteiger partial charge in [-0.1, -0.05) is 6.07 Å². The second kappa shape index (κ2) is 8.84. The van der Waals surface area contributed by atoms with Crippen LogP contribution >= 0.6 is 27.7 Å². The molecule has 2 aromatic carbocycles. The largest absolute Gasteiger partial charge is 0.490 e. The molecule has 0 aromatic heterocycles. The van der Waals surface area contributed by atoms with Gasteiger partial charge in [0.15, 0.2) is 5.17 Å². The van der Waals surface area contributed by atoms with Gasteiger partial charge in [-0.15, -0.1) is 0 Å². The average Bonchev–Trinajstić information content (AvgIpc) is 2.92. The number of ether oxygens (including phenoxy) is 1. The Morgan fingerprint density at radius 3 is 2.52 bits per heavy atom. The van der Waals surface area contributed by atoms with Gasteiger partial charge >= 0.3 is 5.97 Å². The molecule has 6 nitrogen and oxygen atoms in total. The van der Waals surface area contributed by atoms with Crippen LogP contribution in [0, 0.1) is 0 Å². The molecule has 1 saturated heterocycles. The van der Waals surface area contributed by atoms with E-state index in [0.717, 1.165) is 15.8 Å². The number of thioether (sulfide) groups is 1. The summed E-state index contributed by atoms with van der Waals surface area (Å²) in [4.78, 5) is 30.0. The Labute approximate surface area is 181 Å². The summed E-state index contributed by atoms with van der Waals surface area (Å²) in [7, 11) is 1.66. The number of aromatic carboxylic acids is 1. The van der Waals surface area contributed by atoms with Crippen LogP contribution in [0.5, 0.6) is 5.75 Å². The fraction of sp³-hybridized carbons (Fsp3) is 0.190. The summed E-state index contributed by atoms with van der Waals surface area (Å²) in [6, 6.07) is 11.9. The third kappa shape index (κ3) is 5.07. The first-order valence-electron chi connectivity index (χ1n) is 8.80. The number of aliphatic imine (C=N–C) groups is 1. The van der Waals surface area contributed by atoms with E-state index in [9.17, 15) is 9.59 Å². The van der Waals surface area contributed by atoms with Crippen molar-refractivity contribution in [3.05, 3.63) is 63.0 Å². The minimum atomic E-state index is -0.993. The molecule has 1 amide bonds. The van der Waals surface area contributed by atoms with E-state index in [1.165, 1.54) is 28.8 Å². The number of carbonyl (C=O) groups is 2. The number of hydrogen-bond donors (Lipinski definition) is 1. The molecule has 2 aromatic rings. The topological polar surface area (TPSA) is 79.2 Å². The predicted molar refractivity (Wildman–Crippen MR) is 119 cm³/mol. The second-order valence-electron chi connectivity index (χ2n) is 6.58. The molecule has 3 rings (SSSR count). The van der Waals surface area contributed by atoms with E-state index < -0.39 is 5.97 Å². The Kier molecular flexibility index (Phi) is 6.44. The zero-order valence-electron chi connectivity index (χ0n) is 16.0. The highest BCUT2D eigenvalue weighted by molar-refractivity contribution is 9.10. The fourth-order valence-electron chi connectivity index (χ4n) is 2.55. The number of carbonyl (C=O) groups excluding carboxylic acids is 1. The van der Waals surface area contributed by atoms with Crippen LogP contribution in [0.2, 0.25) is 0 Å². The number of nitrogens with zero attached hydrogens (tertiary/aromatic N) is 2. The summed E-state index contributed by atoms with van der Waals surface area (Å²) in [5.74, 6) is -0.390. The fourth-order valence-corrected chi connectivity index (χ4v) is 4.03. The van der Waals surface area contributed by atoms with Crippen molar-refractivity contribution in [2.45, 2.75) is 20.0 Å². The monoisotopic (exact) mass is 474 g/mol. The summed E-state index contributed by atoms with van der Waals surface area (Å²) in [6.07, 6.45) is 1.88. The lowest BCUT2D eigenvalue weighted by atomic mass is 10.2. The quantitative estimate of drug-likeness (QED) is 0.604. The van der Waals surface area contributed by atoms with Gasteiger partial charge in [0.1, 0.15) is 5.75 Å². The first kappa shape index (κ1) is 21.1. The zero-order valence-corrected chi connectivity index (χ0v) is 18.5. The SMILES string of the molecule is CC(C)Oc1ccc(/C=C2/SC(=Nc3ccc(C(=O)O)cc3)N(C)C2=O)cc1Br. The molecule has 0 spiro atoms. The molecule has 29 heavy (non-hydrogen) atoms. The maximum atomic E-state index is 12.6. The maximum Gasteiger partial charge on any atom is 0.335 e. The molecule has 0 radical (unpaired) electrons. The van der Waals surface area contributed by atoms with Gasteiger partial charge in [0, 0.05) is 7.05 Å². The Morgan fingerprint density at radius 2 is 1.93 bits per heavy atom. The van der Waals surface area contributed by atoms with Crippen molar-refractivity contribution < 1.29 is 19.4 Å². The van der Waals surface area contributed by atoms with Gasteiger partial charge in [0.2, 0.25) is 0 Å². The minimum absolute atomic E-state index is 0.0689. The van der Waals surface area contributed by atoms with Gasteiger partial charge in [0.05, 0.1) is 26.7 Å². The summed E-state index contributed by atoms with van der Waals surface area (Å²) in [5, 5.41) is 9.51. The van der Waals surface area contributed by atoms with Gasteiger partial charge in [0.25, 0.3) is 5.91 Å². The van der Waals surface area contributed by atoms with Crippen LogP contribution in [-0.2, 0) is 4.79 Å². The molecular formula is C21H19BrN2O4S. The molecule has 1 fully saturated rings. The Hall–Kier alpha value is -2.58. The van der Waals surface area contributed by atoms with E-state index in [2.05, 4.69) is 20.9 Å².